The van der Waals surface area contributed by atoms with Gasteiger partial charge in [0.1, 0.15) is 0 Å². The van der Waals surface area contributed by atoms with E-state index >= 15 is 0 Å². The average Bonchev–Trinajstić information content (AvgIpc) is 2.77. The maximum atomic E-state index is 13.1. The maximum Gasteiger partial charge on any atom is 0.267 e. The summed E-state index contributed by atoms with van der Waals surface area (Å²) in [5, 5.41) is 0.597. The summed E-state index contributed by atoms with van der Waals surface area (Å²) in [6.45, 7) is 1.33. The third-order valence-electron chi connectivity index (χ3n) is 3.70. The number of halogens is 3. The fourth-order valence-electron chi connectivity index (χ4n) is 2.32. The molecule has 2 atom stereocenters. The minimum Gasteiger partial charge on any atom is -0.335 e. The van der Waals surface area contributed by atoms with E-state index in [4.69, 9.17) is 17.3 Å². The lowest BCUT2D eigenvalue weighted by atomic mass is 9.93. The minimum absolute atomic E-state index is 0.0624. The molecule has 1 aromatic carbocycles. The third-order valence-corrected chi connectivity index (χ3v) is 3.95. The first-order valence-corrected chi connectivity index (χ1v) is 6.85. The summed E-state index contributed by atoms with van der Waals surface area (Å²) < 4.78 is 26.3. The molecule has 1 heterocycles. The van der Waals surface area contributed by atoms with E-state index in [2.05, 4.69) is 0 Å². The lowest BCUT2D eigenvalue weighted by Gasteiger charge is -2.25. The van der Waals surface area contributed by atoms with Gasteiger partial charge in [-0.3, -0.25) is 4.79 Å². The van der Waals surface area contributed by atoms with Crippen LogP contribution in [0.4, 0.5) is 8.78 Å². The van der Waals surface area contributed by atoms with Gasteiger partial charge in [-0.25, -0.2) is 8.78 Å². The van der Waals surface area contributed by atoms with Crippen LogP contribution in [0.15, 0.2) is 24.3 Å². The molecule has 20 heavy (non-hydrogen) atoms. The number of rotatable bonds is 3. The molecule has 1 amide bonds. The predicted octanol–water partition coefficient (Wildman–Crippen LogP) is 2.64. The first kappa shape index (κ1) is 15.2. The summed E-state index contributed by atoms with van der Waals surface area (Å²) in [6, 6.07) is 6.19. The maximum absolute atomic E-state index is 13.1. The zero-order valence-electron chi connectivity index (χ0n) is 11.2. The van der Waals surface area contributed by atoms with Crippen LogP contribution in [0.2, 0.25) is 5.02 Å². The second-order valence-corrected chi connectivity index (χ2v) is 5.67. The van der Waals surface area contributed by atoms with Crippen molar-refractivity contribution in [3.05, 3.63) is 34.9 Å². The Labute approximate surface area is 121 Å². The summed E-state index contributed by atoms with van der Waals surface area (Å²) in [7, 11) is 0. The number of benzene rings is 1. The van der Waals surface area contributed by atoms with E-state index in [0.717, 1.165) is 10.5 Å². The van der Waals surface area contributed by atoms with E-state index in [-0.39, 0.29) is 18.9 Å². The summed E-state index contributed by atoms with van der Waals surface area (Å²) in [5.74, 6) is -3.47. The van der Waals surface area contributed by atoms with Crippen LogP contribution in [0.1, 0.15) is 24.8 Å². The molecule has 0 spiro atoms. The Morgan fingerprint density at radius 2 is 2.00 bits per heavy atom. The highest BCUT2D eigenvalue weighted by atomic mass is 35.5. The van der Waals surface area contributed by atoms with Crippen molar-refractivity contribution < 1.29 is 13.6 Å². The van der Waals surface area contributed by atoms with Gasteiger partial charge in [-0.05, 0) is 17.7 Å². The number of likely N-dealkylation sites (tertiary alicyclic amines) is 1. The Morgan fingerprint density at radius 1 is 1.40 bits per heavy atom. The molecule has 1 aliphatic rings. The number of carbonyl (C=O) groups excluding carboxylic acids is 1. The van der Waals surface area contributed by atoms with E-state index in [1.54, 1.807) is 31.2 Å². The molecule has 2 N–H and O–H groups in total. The van der Waals surface area contributed by atoms with Gasteiger partial charge < -0.3 is 10.6 Å². The molecule has 0 bridgehead atoms. The van der Waals surface area contributed by atoms with E-state index in [0.29, 0.717) is 5.02 Å². The van der Waals surface area contributed by atoms with Crippen molar-refractivity contribution in [2.45, 2.75) is 31.2 Å². The Bertz CT molecular complexity index is 492. The van der Waals surface area contributed by atoms with Crippen molar-refractivity contribution in [1.29, 1.82) is 0 Å². The molecule has 0 radical (unpaired) electrons. The van der Waals surface area contributed by atoms with Crippen molar-refractivity contribution in [1.82, 2.24) is 4.90 Å². The van der Waals surface area contributed by atoms with Crippen LogP contribution in [-0.4, -0.2) is 35.9 Å². The van der Waals surface area contributed by atoms with Gasteiger partial charge in [0, 0.05) is 23.9 Å². The van der Waals surface area contributed by atoms with E-state index < -0.39 is 24.4 Å². The zero-order chi connectivity index (χ0) is 14.9. The molecule has 3 nitrogen and oxygen atoms in total. The van der Waals surface area contributed by atoms with Gasteiger partial charge in [-0.2, -0.15) is 0 Å². The molecule has 1 saturated heterocycles. The Kier molecular flexibility index (Phi) is 4.30. The smallest absolute Gasteiger partial charge is 0.267 e. The number of alkyl halides is 2. The number of hydrogen-bond acceptors (Lipinski definition) is 2. The molecule has 1 aromatic rings. The predicted molar refractivity (Wildman–Crippen MR) is 74.0 cm³/mol. The van der Waals surface area contributed by atoms with Gasteiger partial charge in [0.2, 0.25) is 5.91 Å². The van der Waals surface area contributed by atoms with Gasteiger partial charge in [-0.1, -0.05) is 30.7 Å². The Hall–Kier alpha value is -1.20. The quantitative estimate of drug-likeness (QED) is 0.933. The lowest BCUT2D eigenvalue weighted by Crippen LogP contribution is -2.46. The molecular weight excluding hydrogens is 286 g/mol. The zero-order valence-corrected chi connectivity index (χ0v) is 11.9. The molecule has 6 heteroatoms. The molecule has 2 rings (SSSR count). The number of carbonyl (C=O) groups is 1. The summed E-state index contributed by atoms with van der Waals surface area (Å²) >= 11 is 5.80. The monoisotopic (exact) mass is 302 g/mol. The second-order valence-electron chi connectivity index (χ2n) is 5.23. The molecule has 1 unspecified atom stereocenters. The lowest BCUT2D eigenvalue weighted by molar-refractivity contribution is -0.133. The normalized spacial score (nSPS) is 20.8. The number of nitrogens with zero attached hydrogens (tertiary/aromatic N) is 1. The summed E-state index contributed by atoms with van der Waals surface area (Å²) in [4.78, 5) is 13.3. The van der Waals surface area contributed by atoms with Gasteiger partial charge in [-0.15, -0.1) is 0 Å². The molecule has 0 aromatic heterocycles. The van der Waals surface area contributed by atoms with E-state index in [1.807, 2.05) is 0 Å². The van der Waals surface area contributed by atoms with Crippen LogP contribution < -0.4 is 5.73 Å². The SMILES string of the molecule is CC(c1ccc(Cl)cc1)[C@H](N)C(=O)N1CCC(F)(F)C1. The fraction of sp³-hybridized carbons (Fsp3) is 0.500. The minimum atomic E-state index is -2.79. The van der Waals surface area contributed by atoms with Gasteiger partial charge in [0.15, 0.2) is 0 Å². The summed E-state index contributed by atoms with van der Waals surface area (Å²) in [6.07, 6.45) is -0.291. The third kappa shape index (κ3) is 3.27. The fourth-order valence-corrected chi connectivity index (χ4v) is 2.45. The van der Waals surface area contributed by atoms with Crippen molar-refractivity contribution in [3.8, 4) is 0 Å². The highest BCUT2D eigenvalue weighted by Gasteiger charge is 2.42. The molecule has 0 saturated carbocycles. The van der Waals surface area contributed by atoms with Crippen molar-refractivity contribution in [3.63, 3.8) is 0 Å². The Morgan fingerprint density at radius 3 is 2.50 bits per heavy atom. The first-order chi connectivity index (χ1) is 9.30. The largest absolute Gasteiger partial charge is 0.335 e. The highest BCUT2D eigenvalue weighted by Crippen LogP contribution is 2.28. The highest BCUT2D eigenvalue weighted by molar-refractivity contribution is 6.30. The molecule has 0 aliphatic carbocycles. The van der Waals surface area contributed by atoms with Gasteiger partial charge in [0.25, 0.3) is 5.92 Å². The number of nitrogens with two attached hydrogens (primary N) is 1. The average molecular weight is 303 g/mol. The standard InChI is InChI=1S/C14H17ClF2N2O/c1-9(10-2-4-11(15)5-3-10)12(18)13(20)19-7-6-14(16,17)8-19/h2-5,9,12H,6-8,18H2,1H3/t9?,12-/m0/s1. The van der Waals surface area contributed by atoms with Crippen molar-refractivity contribution in [2.75, 3.05) is 13.1 Å². The van der Waals surface area contributed by atoms with Crippen LogP contribution in [0.3, 0.4) is 0 Å². The molecule has 1 aliphatic heterocycles. The van der Waals surface area contributed by atoms with Crippen LogP contribution in [0, 0.1) is 0 Å². The van der Waals surface area contributed by atoms with E-state index in [9.17, 15) is 13.6 Å². The number of hydrogen-bond donors (Lipinski definition) is 1. The van der Waals surface area contributed by atoms with Gasteiger partial charge >= 0.3 is 0 Å². The van der Waals surface area contributed by atoms with E-state index in [1.165, 1.54) is 0 Å². The Balaban J connectivity index is 2.05. The second kappa shape index (κ2) is 5.66. The van der Waals surface area contributed by atoms with Crippen LogP contribution in [0.5, 0.6) is 0 Å². The van der Waals surface area contributed by atoms with Crippen molar-refractivity contribution >= 4 is 17.5 Å². The van der Waals surface area contributed by atoms with Crippen molar-refractivity contribution in [2.24, 2.45) is 5.73 Å². The number of amides is 1. The molecule has 1 fully saturated rings. The van der Waals surface area contributed by atoms with Crippen LogP contribution in [-0.2, 0) is 4.79 Å². The van der Waals surface area contributed by atoms with Gasteiger partial charge in [0.05, 0.1) is 12.6 Å². The first-order valence-electron chi connectivity index (χ1n) is 6.48. The molecule has 110 valence electrons. The molecular formula is C14H17ClF2N2O. The summed E-state index contributed by atoms with van der Waals surface area (Å²) in [5.41, 5.74) is 6.79. The van der Waals surface area contributed by atoms with Crippen LogP contribution >= 0.6 is 11.6 Å². The topological polar surface area (TPSA) is 46.3 Å². The van der Waals surface area contributed by atoms with Crippen LogP contribution in [0.25, 0.3) is 0 Å².